The second-order valence-electron chi connectivity index (χ2n) is 4.85. The molecule has 0 bridgehead atoms. The van der Waals surface area contributed by atoms with E-state index in [1.807, 2.05) is 37.3 Å². The van der Waals surface area contributed by atoms with E-state index in [0.717, 1.165) is 17.0 Å². The molecule has 0 aliphatic carbocycles. The van der Waals surface area contributed by atoms with Crippen LogP contribution in [0.1, 0.15) is 12.5 Å². The van der Waals surface area contributed by atoms with Crippen LogP contribution in [0.5, 0.6) is 5.75 Å². The van der Waals surface area contributed by atoms with Gasteiger partial charge in [-0.3, -0.25) is 4.79 Å². The van der Waals surface area contributed by atoms with Crippen LogP contribution in [0.4, 0.5) is 0 Å². The molecule has 0 aliphatic rings. The Balaban J connectivity index is 2.44. The fourth-order valence-corrected chi connectivity index (χ4v) is 2.32. The molecule has 1 heterocycles. The lowest BCUT2D eigenvalue weighted by Gasteiger charge is -2.14. The maximum Gasteiger partial charge on any atom is 0.255 e. The van der Waals surface area contributed by atoms with Crippen LogP contribution in [0.25, 0.3) is 11.3 Å². The fourth-order valence-electron chi connectivity index (χ4n) is 2.32. The topological polar surface area (TPSA) is 66.5 Å². The Hall–Kier alpha value is -2.11. The minimum atomic E-state index is -0.0639. The first-order valence-corrected chi connectivity index (χ1v) is 7.36. The van der Waals surface area contributed by atoms with E-state index in [1.54, 1.807) is 17.7 Å². The predicted molar refractivity (Wildman–Crippen MR) is 87.1 cm³/mol. The molecule has 0 aliphatic heterocycles. The Morgan fingerprint density at radius 3 is 2.45 bits per heavy atom. The molecule has 2 rings (SSSR count). The Morgan fingerprint density at radius 2 is 1.86 bits per heavy atom. The number of methoxy groups -OCH3 is 1. The Kier molecular flexibility index (Phi) is 5.75. The van der Waals surface area contributed by atoms with E-state index in [9.17, 15) is 4.79 Å². The Labute approximate surface area is 130 Å². The van der Waals surface area contributed by atoms with E-state index in [1.165, 1.54) is 0 Å². The van der Waals surface area contributed by atoms with E-state index in [2.05, 4.69) is 0 Å². The lowest BCUT2D eigenvalue weighted by molar-refractivity contribution is 0.186. The monoisotopic (exact) mass is 302 g/mol. The molecule has 1 aromatic carbocycles. The van der Waals surface area contributed by atoms with Gasteiger partial charge in [0.2, 0.25) is 0 Å². The highest BCUT2D eigenvalue weighted by atomic mass is 16.5. The van der Waals surface area contributed by atoms with Gasteiger partial charge in [0.05, 0.1) is 18.9 Å². The van der Waals surface area contributed by atoms with Crippen molar-refractivity contribution in [2.45, 2.75) is 20.0 Å². The number of rotatable bonds is 7. The van der Waals surface area contributed by atoms with Gasteiger partial charge < -0.3 is 19.8 Å². The van der Waals surface area contributed by atoms with Crippen LogP contribution in [0.2, 0.25) is 0 Å². The molecular formula is C17H22N2O3. The number of pyridine rings is 1. The summed E-state index contributed by atoms with van der Waals surface area (Å²) < 4.78 is 12.3. The molecular weight excluding hydrogens is 280 g/mol. The molecule has 0 radical (unpaired) electrons. The van der Waals surface area contributed by atoms with Crippen molar-refractivity contribution < 1.29 is 9.47 Å². The first-order valence-electron chi connectivity index (χ1n) is 7.36. The molecule has 0 saturated carbocycles. The van der Waals surface area contributed by atoms with Gasteiger partial charge in [-0.05, 0) is 42.8 Å². The van der Waals surface area contributed by atoms with Crippen molar-refractivity contribution >= 4 is 0 Å². The molecule has 5 nitrogen and oxygen atoms in total. The van der Waals surface area contributed by atoms with Crippen molar-refractivity contribution in [1.82, 2.24) is 4.57 Å². The van der Waals surface area contributed by atoms with Crippen LogP contribution in [0, 0.1) is 0 Å². The summed E-state index contributed by atoms with van der Waals surface area (Å²) in [5.41, 5.74) is 7.98. The third-order valence-electron chi connectivity index (χ3n) is 3.45. The lowest BCUT2D eigenvalue weighted by atomic mass is 10.1. The molecule has 0 fully saturated rings. The summed E-state index contributed by atoms with van der Waals surface area (Å²) in [6.45, 7) is 3.77. The second kappa shape index (κ2) is 7.77. The van der Waals surface area contributed by atoms with Crippen LogP contribution >= 0.6 is 0 Å². The summed E-state index contributed by atoms with van der Waals surface area (Å²) in [7, 11) is 1.62. The number of aromatic nitrogens is 1. The highest BCUT2D eigenvalue weighted by molar-refractivity contribution is 5.61. The first-order chi connectivity index (χ1) is 10.7. The van der Waals surface area contributed by atoms with Gasteiger partial charge in [-0.1, -0.05) is 6.07 Å². The zero-order valence-electron chi connectivity index (χ0n) is 13.0. The van der Waals surface area contributed by atoms with Crippen LogP contribution in [-0.2, 0) is 17.8 Å². The molecule has 0 atom stereocenters. The molecule has 0 saturated heterocycles. The van der Waals surface area contributed by atoms with E-state index in [0.29, 0.717) is 25.3 Å². The van der Waals surface area contributed by atoms with Crippen molar-refractivity contribution in [3.8, 4) is 17.0 Å². The van der Waals surface area contributed by atoms with Gasteiger partial charge in [0.25, 0.3) is 5.56 Å². The average molecular weight is 302 g/mol. The minimum absolute atomic E-state index is 0.0639. The normalized spacial score (nSPS) is 10.7. The molecule has 0 spiro atoms. The molecule has 0 amide bonds. The fraction of sp³-hybridized carbons (Fsp3) is 0.353. The number of hydrogen-bond acceptors (Lipinski definition) is 4. The van der Waals surface area contributed by atoms with Gasteiger partial charge in [0, 0.05) is 25.8 Å². The van der Waals surface area contributed by atoms with Gasteiger partial charge in [0.15, 0.2) is 0 Å². The predicted octanol–water partition coefficient (Wildman–Crippen LogP) is 2.02. The highest BCUT2D eigenvalue weighted by Crippen LogP contribution is 2.22. The summed E-state index contributed by atoms with van der Waals surface area (Å²) in [4.78, 5) is 12.5. The van der Waals surface area contributed by atoms with Gasteiger partial charge >= 0.3 is 0 Å². The maximum absolute atomic E-state index is 12.5. The number of nitrogens with zero attached hydrogens (tertiary/aromatic N) is 1. The zero-order valence-corrected chi connectivity index (χ0v) is 13.0. The molecule has 1 aromatic heterocycles. The average Bonchev–Trinajstić information content (AvgIpc) is 2.54. The van der Waals surface area contributed by atoms with Gasteiger partial charge in [0.1, 0.15) is 5.75 Å². The molecule has 22 heavy (non-hydrogen) atoms. The third-order valence-corrected chi connectivity index (χ3v) is 3.45. The van der Waals surface area contributed by atoms with Gasteiger partial charge in [-0.25, -0.2) is 0 Å². The molecule has 0 unspecified atom stereocenters. The summed E-state index contributed by atoms with van der Waals surface area (Å²) in [6, 6.07) is 11.4. The van der Waals surface area contributed by atoms with Crippen LogP contribution < -0.4 is 16.0 Å². The summed E-state index contributed by atoms with van der Waals surface area (Å²) >= 11 is 0. The van der Waals surface area contributed by atoms with Gasteiger partial charge in [-0.15, -0.1) is 0 Å². The molecule has 2 aromatic rings. The SMILES string of the molecule is CCOc1ccc(-c2ccc(CN)c(=O)n2CCOC)cc1. The zero-order chi connectivity index (χ0) is 15.9. The van der Waals surface area contributed by atoms with Crippen molar-refractivity contribution in [3.05, 3.63) is 52.3 Å². The van der Waals surface area contributed by atoms with E-state index in [-0.39, 0.29) is 12.1 Å². The Morgan fingerprint density at radius 1 is 1.14 bits per heavy atom. The van der Waals surface area contributed by atoms with Crippen molar-refractivity contribution in [2.24, 2.45) is 5.73 Å². The molecule has 2 N–H and O–H groups in total. The van der Waals surface area contributed by atoms with E-state index in [4.69, 9.17) is 15.2 Å². The van der Waals surface area contributed by atoms with Crippen molar-refractivity contribution in [1.29, 1.82) is 0 Å². The number of benzene rings is 1. The summed E-state index contributed by atoms with van der Waals surface area (Å²) in [5.74, 6) is 0.815. The summed E-state index contributed by atoms with van der Waals surface area (Å²) in [6.07, 6.45) is 0. The first kappa shape index (κ1) is 16.3. The molecule has 5 heteroatoms. The van der Waals surface area contributed by atoms with E-state index < -0.39 is 0 Å². The van der Waals surface area contributed by atoms with E-state index >= 15 is 0 Å². The quantitative estimate of drug-likeness (QED) is 0.849. The van der Waals surface area contributed by atoms with Crippen LogP contribution in [0.15, 0.2) is 41.2 Å². The lowest BCUT2D eigenvalue weighted by Crippen LogP contribution is -2.28. The van der Waals surface area contributed by atoms with Crippen molar-refractivity contribution in [3.63, 3.8) is 0 Å². The number of ether oxygens (including phenoxy) is 2. The van der Waals surface area contributed by atoms with Crippen LogP contribution in [0.3, 0.4) is 0 Å². The van der Waals surface area contributed by atoms with Gasteiger partial charge in [-0.2, -0.15) is 0 Å². The third kappa shape index (κ3) is 3.55. The second-order valence-corrected chi connectivity index (χ2v) is 4.85. The largest absolute Gasteiger partial charge is 0.494 e. The Bertz CT molecular complexity index is 663. The van der Waals surface area contributed by atoms with Crippen molar-refractivity contribution in [2.75, 3.05) is 20.3 Å². The standard InChI is InChI=1S/C17H22N2O3/c1-3-22-15-7-4-13(5-8-15)16-9-6-14(12-18)17(20)19(16)10-11-21-2/h4-9H,3,10-12,18H2,1-2H3. The summed E-state index contributed by atoms with van der Waals surface area (Å²) in [5, 5.41) is 0. The maximum atomic E-state index is 12.5. The van der Waals surface area contributed by atoms with Crippen LogP contribution in [-0.4, -0.2) is 24.9 Å². The minimum Gasteiger partial charge on any atom is -0.494 e. The highest BCUT2D eigenvalue weighted by Gasteiger charge is 2.10. The number of hydrogen-bond donors (Lipinski definition) is 1. The number of nitrogens with two attached hydrogens (primary N) is 1. The molecule has 118 valence electrons. The smallest absolute Gasteiger partial charge is 0.255 e.